The van der Waals surface area contributed by atoms with Crippen LogP contribution in [0.2, 0.25) is 21.4 Å². The molecule has 0 aliphatic carbocycles. The second kappa shape index (κ2) is 13.3. The minimum atomic E-state index is -1.99. The minimum absolute atomic E-state index is 0.211. The van der Waals surface area contributed by atoms with E-state index in [4.69, 9.17) is 4.43 Å². The van der Waals surface area contributed by atoms with Gasteiger partial charge >= 0.3 is 187 Å². The molecule has 0 heterocycles. The zero-order chi connectivity index (χ0) is 22.0. The summed E-state index contributed by atoms with van der Waals surface area (Å²) < 4.78 is 7.86. The molecule has 0 amide bonds. The van der Waals surface area contributed by atoms with Crippen molar-refractivity contribution >= 4 is 27.7 Å². The Morgan fingerprint density at radius 3 is 1.97 bits per heavy atom. The third-order valence-corrected chi connectivity index (χ3v) is 15.1. The molecule has 0 spiro atoms. The topological polar surface area (TPSA) is 49.7 Å². The number of unbranched alkanes of at least 4 members (excludes halogenated alkanes) is 1. The average molecular weight is 488 g/mol. The summed E-state index contributed by atoms with van der Waals surface area (Å²) in [7, 11) is -1.99. The van der Waals surface area contributed by atoms with Crippen LogP contribution in [-0.2, 0) is 4.43 Å². The van der Waals surface area contributed by atoms with E-state index in [0.717, 1.165) is 19.3 Å². The predicted octanol–water partition coefficient (Wildman–Crippen LogP) is 5.30. The fraction of sp³-hybridized carbons (Fsp3) is 0.750. The molecule has 5 heteroatoms. The number of benzene rings is 1. The second-order valence-electron chi connectivity index (χ2n) is 9.20. The first-order valence-corrected chi connectivity index (χ1v) is 15.3. The molecule has 1 aromatic rings. The first kappa shape index (κ1) is 26.9. The number of hydrogen-bond acceptors (Lipinski definition) is 3. The van der Waals surface area contributed by atoms with Crippen LogP contribution >= 0.6 is 0 Å². The van der Waals surface area contributed by atoms with Crippen LogP contribution in [0.4, 0.5) is 0 Å². The average Bonchev–Trinajstić information content (AvgIpc) is 2.65. The normalized spacial score (nSPS) is 15.9. The molecule has 0 fully saturated rings. The van der Waals surface area contributed by atoms with E-state index in [0.29, 0.717) is 29.7 Å². The van der Waals surface area contributed by atoms with Crippen molar-refractivity contribution in [3.8, 4) is 0 Å². The first-order chi connectivity index (χ1) is 13.6. The molecule has 0 unspecified atom stereocenters. The quantitative estimate of drug-likeness (QED) is 0.350. The number of rotatable bonds is 14. The Bertz CT molecular complexity index is 529. The van der Waals surface area contributed by atoms with Crippen molar-refractivity contribution in [3.63, 3.8) is 0 Å². The Kier molecular flexibility index (Phi) is 12.3. The van der Waals surface area contributed by atoms with Gasteiger partial charge in [0.15, 0.2) is 0 Å². The van der Waals surface area contributed by atoms with Crippen LogP contribution in [0.25, 0.3) is 0 Å². The van der Waals surface area contributed by atoms with E-state index in [1.165, 1.54) is 4.46 Å². The molecular formula is C24H44O3SeSi. The summed E-state index contributed by atoms with van der Waals surface area (Å²) in [5.41, 5.74) is 1.50. The number of aliphatic hydroxyl groups excluding tert-OH is 2. The number of aliphatic hydroxyl groups is 2. The van der Waals surface area contributed by atoms with Gasteiger partial charge in [0, 0.05) is 0 Å². The van der Waals surface area contributed by atoms with Crippen molar-refractivity contribution in [2.75, 3.05) is 6.61 Å². The summed E-state index contributed by atoms with van der Waals surface area (Å²) in [6.07, 6.45) is 2.58. The molecule has 2 N–H and O–H groups in total. The number of hydrogen-bond donors (Lipinski definition) is 2. The van der Waals surface area contributed by atoms with E-state index in [2.05, 4.69) is 72.7 Å². The van der Waals surface area contributed by atoms with E-state index in [-0.39, 0.29) is 19.8 Å². The first-order valence-electron chi connectivity index (χ1n) is 11.4. The molecule has 0 saturated heterocycles. The van der Waals surface area contributed by atoms with Gasteiger partial charge < -0.3 is 0 Å². The Morgan fingerprint density at radius 2 is 1.48 bits per heavy atom. The molecular weight excluding hydrogens is 443 g/mol. The Labute approximate surface area is 186 Å². The zero-order valence-electron chi connectivity index (χ0n) is 19.6. The predicted molar refractivity (Wildman–Crippen MR) is 129 cm³/mol. The summed E-state index contributed by atoms with van der Waals surface area (Å²) in [4.78, 5) is 0.238. The van der Waals surface area contributed by atoms with E-state index in [1.807, 2.05) is 6.07 Å². The molecule has 1 aromatic carbocycles. The van der Waals surface area contributed by atoms with Crippen LogP contribution in [0, 0.1) is 0 Å². The van der Waals surface area contributed by atoms with Crippen LogP contribution in [0.5, 0.6) is 0 Å². The van der Waals surface area contributed by atoms with Gasteiger partial charge in [0.1, 0.15) is 0 Å². The molecule has 0 aliphatic heterocycles. The van der Waals surface area contributed by atoms with E-state index < -0.39 is 20.5 Å². The Morgan fingerprint density at radius 1 is 0.931 bits per heavy atom. The molecule has 3 nitrogen and oxygen atoms in total. The summed E-state index contributed by atoms with van der Waals surface area (Å²) in [6, 6.07) is 10.5. The summed E-state index contributed by atoms with van der Waals surface area (Å²) >= 11 is 0.211. The van der Waals surface area contributed by atoms with Crippen LogP contribution < -0.4 is 4.46 Å². The van der Waals surface area contributed by atoms with Crippen molar-refractivity contribution < 1.29 is 14.6 Å². The third-order valence-electron chi connectivity index (χ3n) is 6.05. The molecule has 0 bridgehead atoms. The molecule has 168 valence electrons. The maximum absolute atomic E-state index is 10.9. The molecule has 29 heavy (non-hydrogen) atoms. The van der Waals surface area contributed by atoms with E-state index >= 15 is 0 Å². The van der Waals surface area contributed by atoms with Gasteiger partial charge in [-0.15, -0.1) is 0 Å². The molecule has 0 radical (unpaired) electrons. The summed E-state index contributed by atoms with van der Waals surface area (Å²) in [6.45, 7) is 16.1. The van der Waals surface area contributed by atoms with Gasteiger partial charge in [-0.25, -0.2) is 0 Å². The van der Waals surface area contributed by atoms with Crippen molar-refractivity contribution in [2.45, 2.75) is 108 Å². The van der Waals surface area contributed by atoms with E-state index in [9.17, 15) is 10.2 Å². The van der Waals surface area contributed by atoms with Crippen LogP contribution in [0.1, 0.15) is 74.1 Å². The van der Waals surface area contributed by atoms with Gasteiger partial charge in [-0.05, 0) is 0 Å². The van der Waals surface area contributed by atoms with Crippen molar-refractivity contribution in [2.24, 2.45) is 0 Å². The fourth-order valence-corrected chi connectivity index (χ4v) is 12.7. The zero-order valence-corrected chi connectivity index (χ0v) is 22.3. The SMILES string of the molecule is CCCC[C@H]([Se]c1ccccc1)[C@@H](O)C[C@H](O)CO[Si](C(C)C)(C(C)C)C(C)C. The fourth-order valence-electron chi connectivity index (χ4n) is 4.65. The van der Waals surface area contributed by atoms with Crippen LogP contribution in [-0.4, -0.2) is 52.3 Å². The van der Waals surface area contributed by atoms with Gasteiger partial charge in [0.05, 0.1) is 0 Å². The third kappa shape index (κ3) is 8.12. The van der Waals surface area contributed by atoms with Crippen molar-refractivity contribution in [1.29, 1.82) is 0 Å². The van der Waals surface area contributed by atoms with E-state index in [1.54, 1.807) is 0 Å². The Hall–Kier alpha value is -0.164. The monoisotopic (exact) mass is 488 g/mol. The van der Waals surface area contributed by atoms with Crippen LogP contribution in [0.15, 0.2) is 30.3 Å². The standard InChI is InChI=1S/C24H44O3SeSi/c1-8-9-15-24(28-22-13-11-10-12-14-22)23(26)16-21(25)17-27-29(18(2)3,19(4)5)20(6)7/h10-14,18-21,23-26H,8-9,15-17H2,1-7H3/t21-,23-,24-/m0/s1. The van der Waals surface area contributed by atoms with Crippen molar-refractivity contribution in [1.82, 2.24) is 0 Å². The van der Waals surface area contributed by atoms with Crippen molar-refractivity contribution in [3.05, 3.63) is 30.3 Å². The molecule has 3 atom stereocenters. The van der Waals surface area contributed by atoms with Crippen LogP contribution in [0.3, 0.4) is 0 Å². The Balaban J connectivity index is 2.74. The van der Waals surface area contributed by atoms with Gasteiger partial charge in [-0.2, -0.15) is 0 Å². The van der Waals surface area contributed by atoms with Gasteiger partial charge in [-0.3, -0.25) is 0 Å². The maximum atomic E-state index is 10.9. The molecule has 0 saturated carbocycles. The summed E-state index contributed by atoms with van der Waals surface area (Å²) in [5.74, 6) is 0. The second-order valence-corrected chi connectivity index (χ2v) is 17.4. The van der Waals surface area contributed by atoms with Gasteiger partial charge in [-0.1, -0.05) is 0 Å². The van der Waals surface area contributed by atoms with Gasteiger partial charge in [0.2, 0.25) is 0 Å². The molecule has 0 aromatic heterocycles. The summed E-state index contributed by atoms with van der Waals surface area (Å²) in [5, 5.41) is 21.6. The van der Waals surface area contributed by atoms with Gasteiger partial charge in [0.25, 0.3) is 0 Å². The molecule has 0 aliphatic rings. The molecule has 1 rings (SSSR count).